The Morgan fingerprint density at radius 2 is 1.77 bits per heavy atom. The van der Waals surface area contributed by atoms with Crippen molar-refractivity contribution in [3.63, 3.8) is 0 Å². The predicted molar refractivity (Wildman–Crippen MR) is 114 cm³/mol. The second-order valence-electron chi connectivity index (χ2n) is 6.44. The number of halogens is 1. The number of carbonyl (C=O) groups is 3. The summed E-state index contributed by atoms with van der Waals surface area (Å²) in [5.74, 6) is -1.35. The lowest BCUT2D eigenvalue weighted by Crippen LogP contribution is -2.34. The highest BCUT2D eigenvalue weighted by Crippen LogP contribution is 2.21. The fourth-order valence-corrected chi connectivity index (χ4v) is 3.02. The van der Waals surface area contributed by atoms with Gasteiger partial charge in [0.15, 0.2) is 11.8 Å². The summed E-state index contributed by atoms with van der Waals surface area (Å²) in [7, 11) is 1.26. The number of aryl methyl sites for hydroxylation is 1. The summed E-state index contributed by atoms with van der Waals surface area (Å²) in [4.78, 5) is 37.3. The molecule has 7 nitrogen and oxygen atoms in total. The van der Waals surface area contributed by atoms with E-state index in [0.717, 1.165) is 10.0 Å². The van der Waals surface area contributed by atoms with E-state index in [-0.39, 0.29) is 11.3 Å². The van der Waals surface area contributed by atoms with E-state index < -0.39 is 23.8 Å². The van der Waals surface area contributed by atoms with E-state index in [2.05, 4.69) is 26.6 Å². The Balaban J connectivity index is 1.82. The van der Waals surface area contributed by atoms with Crippen molar-refractivity contribution in [2.75, 3.05) is 12.4 Å². The third-order valence-electron chi connectivity index (χ3n) is 4.41. The van der Waals surface area contributed by atoms with Gasteiger partial charge < -0.3 is 19.8 Å². The maximum Gasteiger partial charge on any atom is 0.333 e. The summed E-state index contributed by atoms with van der Waals surface area (Å²) in [6.45, 7) is 1.80. The summed E-state index contributed by atoms with van der Waals surface area (Å²) >= 11 is 3.34. The van der Waals surface area contributed by atoms with Crippen LogP contribution in [0.1, 0.15) is 38.1 Å². The molecule has 1 atom stereocenters. The molecule has 0 aliphatic carbocycles. The number of rotatable bonds is 6. The minimum Gasteiger partial charge on any atom is -0.467 e. The molecule has 0 saturated heterocycles. The Labute approximate surface area is 181 Å². The number of benzene rings is 2. The van der Waals surface area contributed by atoms with Crippen LogP contribution in [-0.2, 0) is 9.53 Å². The largest absolute Gasteiger partial charge is 0.467 e. The molecule has 0 spiro atoms. The van der Waals surface area contributed by atoms with Gasteiger partial charge in [0.05, 0.1) is 13.4 Å². The molecule has 3 aromatic rings. The summed E-state index contributed by atoms with van der Waals surface area (Å²) in [6.07, 6.45) is 1.40. The highest BCUT2D eigenvalue weighted by Gasteiger charge is 2.24. The number of carbonyl (C=O) groups excluding carboxylic acids is 3. The summed E-state index contributed by atoms with van der Waals surface area (Å²) in [5.41, 5.74) is 2.09. The summed E-state index contributed by atoms with van der Waals surface area (Å²) in [6, 6.07) is 14.0. The van der Waals surface area contributed by atoms with Crippen LogP contribution in [0.2, 0.25) is 0 Å². The van der Waals surface area contributed by atoms with Crippen LogP contribution in [0.25, 0.3) is 0 Å². The molecule has 1 aromatic heterocycles. The lowest BCUT2D eigenvalue weighted by Gasteiger charge is -2.18. The first-order valence-electron chi connectivity index (χ1n) is 8.98. The third kappa shape index (κ3) is 4.96. The molecule has 0 radical (unpaired) electrons. The number of methoxy groups -OCH3 is 1. The molecule has 1 unspecified atom stereocenters. The van der Waals surface area contributed by atoms with Crippen LogP contribution in [0.3, 0.4) is 0 Å². The smallest absolute Gasteiger partial charge is 0.333 e. The molecule has 0 aliphatic rings. The first kappa shape index (κ1) is 21.3. The molecule has 1 heterocycles. The highest BCUT2D eigenvalue weighted by molar-refractivity contribution is 9.10. The molecular weight excluding hydrogens is 452 g/mol. The molecule has 0 bridgehead atoms. The number of ether oxygens (including phenoxy) is 1. The van der Waals surface area contributed by atoms with E-state index in [1.807, 2.05) is 0 Å². The van der Waals surface area contributed by atoms with Gasteiger partial charge in [-0.1, -0.05) is 34.1 Å². The second-order valence-corrected chi connectivity index (χ2v) is 7.36. The Hall–Kier alpha value is -3.39. The lowest BCUT2D eigenvalue weighted by molar-refractivity contribution is -0.143. The van der Waals surface area contributed by atoms with Gasteiger partial charge in [-0.2, -0.15) is 0 Å². The Morgan fingerprint density at radius 1 is 1.03 bits per heavy atom. The van der Waals surface area contributed by atoms with Crippen LogP contribution in [-0.4, -0.2) is 24.9 Å². The second kappa shape index (κ2) is 9.41. The zero-order valence-corrected chi connectivity index (χ0v) is 17.9. The molecule has 2 aromatic carbocycles. The molecule has 30 heavy (non-hydrogen) atoms. The third-order valence-corrected chi connectivity index (χ3v) is 4.94. The van der Waals surface area contributed by atoms with Crippen molar-refractivity contribution >= 4 is 39.4 Å². The van der Waals surface area contributed by atoms with E-state index in [0.29, 0.717) is 11.3 Å². The number of amides is 2. The van der Waals surface area contributed by atoms with Gasteiger partial charge in [0.1, 0.15) is 0 Å². The van der Waals surface area contributed by atoms with Gasteiger partial charge in [-0.3, -0.25) is 9.59 Å². The Kier molecular flexibility index (Phi) is 6.68. The zero-order chi connectivity index (χ0) is 21.7. The van der Waals surface area contributed by atoms with Crippen molar-refractivity contribution in [1.82, 2.24) is 5.32 Å². The summed E-state index contributed by atoms with van der Waals surface area (Å²) in [5, 5.41) is 5.41. The fourth-order valence-electron chi connectivity index (χ4n) is 2.76. The number of hydrogen-bond donors (Lipinski definition) is 2. The average molecular weight is 471 g/mol. The van der Waals surface area contributed by atoms with Gasteiger partial charge in [-0.15, -0.1) is 0 Å². The van der Waals surface area contributed by atoms with Crippen molar-refractivity contribution in [2.45, 2.75) is 13.0 Å². The first-order valence-corrected chi connectivity index (χ1v) is 9.78. The van der Waals surface area contributed by atoms with Gasteiger partial charge >= 0.3 is 5.97 Å². The standard InChI is InChI=1S/C22H19BrN2O5/c1-13-5-6-15(12-17(13)24-21(27)18-4-3-11-30-18)20(26)25-19(22(28)29-2)14-7-9-16(23)10-8-14/h3-12,19H,1-2H3,(H,24,27)(H,25,26). The number of esters is 1. The van der Waals surface area contributed by atoms with Crippen LogP contribution in [0.5, 0.6) is 0 Å². The van der Waals surface area contributed by atoms with Gasteiger partial charge in [0, 0.05) is 15.7 Å². The lowest BCUT2D eigenvalue weighted by atomic mass is 10.1. The molecule has 0 aliphatic heterocycles. The summed E-state index contributed by atoms with van der Waals surface area (Å²) < 4.78 is 10.8. The van der Waals surface area contributed by atoms with Crippen LogP contribution in [0.15, 0.2) is 69.8 Å². The van der Waals surface area contributed by atoms with Crippen molar-refractivity contribution in [2.24, 2.45) is 0 Å². The molecule has 3 rings (SSSR count). The monoisotopic (exact) mass is 470 g/mol. The quantitative estimate of drug-likeness (QED) is 0.524. The molecular formula is C22H19BrN2O5. The minimum absolute atomic E-state index is 0.158. The van der Waals surface area contributed by atoms with Gasteiger partial charge in [-0.05, 0) is 54.4 Å². The topological polar surface area (TPSA) is 97.6 Å². The molecule has 2 N–H and O–H groups in total. The number of furan rings is 1. The minimum atomic E-state index is -0.974. The van der Waals surface area contributed by atoms with Gasteiger partial charge in [0.2, 0.25) is 0 Å². The van der Waals surface area contributed by atoms with Crippen molar-refractivity contribution < 1.29 is 23.5 Å². The van der Waals surface area contributed by atoms with Gasteiger partial charge in [0.25, 0.3) is 11.8 Å². The number of hydrogen-bond acceptors (Lipinski definition) is 5. The first-order chi connectivity index (χ1) is 14.4. The van der Waals surface area contributed by atoms with Crippen molar-refractivity contribution in [1.29, 1.82) is 0 Å². The van der Waals surface area contributed by atoms with Crippen LogP contribution < -0.4 is 10.6 Å². The van der Waals surface area contributed by atoms with E-state index >= 15 is 0 Å². The average Bonchev–Trinajstić information content (AvgIpc) is 3.28. The maximum atomic E-state index is 12.8. The fraction of sp³-hybridized carbons (Fsp3) is 0.136. The van der Waals surface area contributed by atoms with E-state index in [1.54, 1.807) is 61.5 Å². The SMILES string of the molecule is COC(=O)C(NC(=O)c1ccc(C)c(NC(=O)c2ccco2)c1)c1ccc(Br)cc1. The Morgan fingerprint density at radius 3 is 2.40 bits per heavy atom. The van der Waals surface area contributed by atoms with E-state index in [4.69, 9.17) is 9.15 Å². The zero-order valence-electron chi connectivity index (χ0n) is 16.3. The Bertz CT molecular complexity index is 1060. The van der Waals surface area contributed by atoms with Crippen molar-refractivity contribution in [3.8, 4) is 0 Å². The van der Waals surface area contributed by atoms with Crippen LogP contribution in [0.4, 0.5) is 5.69 Å². The van der Waals surface area contributed by atoms with Gasteiger partial charge in [-0.25, -0.2) is 4.79 Å². The van der Waals surface area contributed by atoms with Crippen LogP contribution >= 0.6 is 15.9 Å². The maximum absolute atomic E-state index is 12.8. The number of nitrogens with one attached hydrogen (secondary N) is 2. The molecule has 2 amide bonds. The molecule has 154 valence electrons. The molecule has 8 heteroatoms. The van der Waals surface area contributed by atoms with Crippen molar-refractivity contribution in [3.05, 3.63) is 87.8 Å². The van der Waals surface area contributed by atoms with Crippen LogP contribution in [0, 0.1) is 6.92 Å². The predicted octanol–water partition coefficient (Wildman–Crippen LogP) is 4.25. The highest BCUT2D eigenvalue weighted by atomic mass is 79.9. The molecule has 0 saturated carbocycles. The normalized spacial score (nSPS) is 11.4. The van der Waals surface area contributed by atoms with E-state index in [1.165, 1.54) is 13.4 Å². The molecule has 0 fully saturated rings. The van der Waals surface area contributed by atoms with E-state index in [9.17, 15) is 14.4 Å². The number of anilines is 1.